The molecule has 3 aromatic rings. The number of thiazole rings is 1. The van der Waals surface area contributed by atoms with Gasteiger partial charge in [0.15, 0.2) is 0 Å². The average molecular weight is 435 g/mol. The monoisotopic (exact) mass is 435 g/mol. The lowest BCUT2D eigenvalue weighted by molar-refractivity contribution is -0.138. The van der Waals surface area contributed by atoms with Crippen molar-refractivity contribution in [2.75, 3.05) is 0 Å². The maximum atomic E-state index is 12.7. The summed E-state index contributed by atoms with van der Waals surface area (Å²) in [7, 11) is 0. The zero-order valence-electron chi connectivity index (χ0n) is 16.4. The fourth-order valence-corrected chi connectivity index (χ4v) is 3.89. The van der Waals surface area contributed by atoms with E-state index in [1.54, 1.807) is 12.1 Å². The number of rotatable bonds is 7. The van der Waals surface area contributed by atoms with Crippen LogP contribution in [0.3, 0.4) is 0 Å². The molecular formula is C22H20F3NO3S. The number of aliphatic carboxylic acids is 1. The molecule has 1 atom stereocenters. The third kappa shape index (κ3) is 5.38. The van der Waals surface area contributed by atoms with E-state index in [2.05, 4.69) is 4.98 Å². The highest BCUT2D eigenvalue weighted by Gasteiger charge is 2.30. The van der Waals surface area contributed by atoms with E-state index >= 15 is 0 Å². The summed E-state index contributed by atoms with van der Waals surface area (Å²) >= 11 is 1.38. The SMILES string of the molecule is Cc1nc(-c2ccc(C(F)(F)F)cc2)sc1COc1ccc(C(C)CC(=O)O)cc1. The van der Waals surface area contributed by atoms with E-state index in [4.69, 9.17) is 9.84 Å². The lowest BCUT2D eigenvalue weighted by atomic mass is 9.98. The molecule has 0 aliphatic heterocycles. The molecule has 0 fully saturated rings. The molecule has 158 valence electrons. The van der Waals surface area contributed by atoms with Crippen LogP contribution in [0.5, 0.6) is 5.75 Å². The molecular weight excluding hydrogens is 415 g/mol. The summed E-state index contributed by atoms with van der Waals surface area (Å²) in [6, 6.07) is 12.2. The predicted molar refractivity (Wildman–Crippen MR) is 109 cm³/mol. The molecule has 1 heterocycles. The number of benzene rings is 2. The quantitative estimate of drug-likeness (QED) is 0.474. The molecule has 0 aliphatic rings. The van der Waals surface area contributed by atoms with Crippen LogP contribution in [0.15, 0.2) is 48.5 Å². The summed E-state index contributed by atoms with van der Waals surface area (Å²) in [6.45, 7) is 3.97. The van der Waals surface area contributed by atoms with Gasteiger partial charge in [-0.05, 0) is 42.7 Å². The van der Waals surface area contributed by atoms with Crippen LogP contribution in [-0.2, 0) is 17.6 Å². The molecule has 2 aromatic carbocycles. The van der Waals surface area contributed by atoms with Crippen molar-refractivity contribution in [1.29, 1.82) is 0 Å². The Bertz CT molecular complexity index is 1010. The highest BCUT2D eigenvalue weighted by atomic mass is 32.1. The maximum absolute atomic E-state index is 12.7. The van der Waals surface area contributed by atoms with Gasteiger partial charge in [0.2, 0.25) is 0 Å². The Hall–Kier alpha value is -2.87. The number of carboxylic acid groups (broad SMARTS) is 1. The van der Waals surface area contributed by atoms with Crippen LogP contribution in [0.25, 0.3) is 10.6 Å². The largest absolute Gasteiger partial charge is 0.488 e. The number of nitrogens with zero attached hydrogens (tertiary/aromatic N) is 1. The number of aryl methyl sites for hydroxylation is 1. The van der Waals surface area contributed by atoms with Gasteiger partial charge in [0.25, 0.3) is 0 Å². The van der Waals surface area contributed by atoms with Crippen LogP contribution >= 0.6 is 11.3 Å². The summed E-state index contributed by atoms with van der Waals surface area (Å²) in [6.07, 6.45) is -4.30. The standard InChI is InChI=1S/C22H20F3NO3S/c1-13(11-20(27)28)15-5-9-18(10-6-15)29-12-19-14(2)26-21(30-19)16-3-7-17(8-4-16)22(23,24)25/h3-10,13H,11-12H2,1-2H3,(H,27,28). The number of hydrogen-bond acceptors (Lipinski definition) is 4. The summed E-state index contributed by atoms with van der Waals surface area (Å²) in [5, 5.41) is 9.53. The second-order valence-electron chi connectivity index (χ2n) is 6.96. The van der Waals surface area contributed by atoms with E-state index in [9.17, 15) is 18.0 Å². The molecule has 8 heteroatoms. The average Bonchev–Trinajstić information content (AvgIpc) is 3.06. The fraction of sp³-hybridized carbons (Fsp3) is 0.273. The van der Waals surface area contributed by atoms with Gasteiger partial charge in [-0.25, -0.2) is 4.98 Å². The second kappa shape index (κ2) is 8.87. The summed E-state index contributed by atoms with van der Waals surface area (Å²) in [5.41, 5.74) is 1.62. The highest BCUT2D eigenvalue weighted by Crippen LogP contribution is 2.33. The number of ether oxygens (including phenoxy) is 1. The van der Waals surface area contributed by atoms with Crippen molar-refractivity contribution < 1.29 is 27.8 Å². The minimum absolute atomic E-state index is 0.0625. The first kappa shape index (κ1) is 21.8. The minimum Gasteiger partial charge on any atom is -0.488 e. The number of carbonyl (C=O) groups is 1. The van der Waals surface area contributed by atoms with Crippen molar-refractivity contribution in [3.63, 3.8) is 0 Å². The van der Waals surface area contributed by atoms with Gasteiger partial charge < -0.3 is 9.84 Å². The van der Waals surface area contributed by atoms with Crippen molar-refractivity contribution in [1.82, 2.24) is 4.98 Å². The topological polar surface area (TPSA) is 59.4 Å². The Morgan fingerprint density at radius 1 is 1.13 bits per heavy atom. The van der Waals surface area contributed by atoms with Crippen molar-refractivity contribution in [2.45, 2.75) is 39.0 Å². The van der Waals surface area contributed by atoms with Crippen LogP contribution < -0.4 is 4.74 Å². The molecule has 1 N–H and O–H groups in total. The zero-order valence-corrected chi connectivity index (χ0v) is 17.2. The van der Waals surface area contributed by atoms with Gasteiger partial charge in [0.1, 0.15) is 17.4 Å². The number of halogens is 3. The van der Waals surface area contributed by atoms with Gasteiger partial charge in [-0.1, -0.05) is 31.2 Å². The molecule has 0 saturated carbocycles. The lowest BCUT2D eigenvalue weighted by Crippen LogP contribution is -2.03. The molecule has 0 amide bonds. The summed E-state index contributed by atoms with van der Waals surface area (Å²) in [5.74, 6) is -0.288. The highest BCUT2D eigenvalue weighted by molar-refractivity contribution is 7.15. The van der Waals surface area contributed by atoms with Gasteiger partial charge in [0.05, 0.1) is 22.6 Å². The van der Waals surface area contributed by atoms with Gasteiger partial charge >= 0.3 is 12.1 Å². The third-order valence-electron chi connectivity index (χ3n) is 4.65. The molecule has 3 rings (SSSR count). The molecule has 0 radical (unpaired) electrons. The van der Waals surface area contributed by atoms with Gasteiger partial charge in [0, 0.05) is 5.56 Å². The molecule has 0 bridgehead atoms. The first-order valence-electron chi connectivity index (χ1n) is 9.22. The van der Waals surface area contributed by atoms with Gasteiger partial charge in [-0.15, -0.1) is 11.3 Å². The Kier molecular flexibility index (Phi) is 6.45. The van der Waals surface area contributed by atoms with Gasteiger partial charge in [-0.2, -0.15) is 13.2 Å². The molecule has 0 aliphatic carbocycles. The summed E-state index contributed by atoms with van der Waals surface area (Å²) in [4.78, 5) is 16.2. The van der Waals surface area contributed by atoms with Crippen LogP contribution in [0, 0.1) is 6.92 Å². The number of carboxylic acids is 1. The maximum Gasteiger partial charge on any atom is 0.416 e. The normalized spacial score (nSPS) is 12.6. The van der Waals surface area contributed by atoms with Crippen molar-refractivity contribution in [3.05, 3.63) is 70.2 Å². The van der Waals surface area contributed by atoms with E-state index in [-0.39, 0.29) is 18.9 Å². The van der Waals surface area contributed by atoms with Crippen molar-refractivity contribution in [2.24, 2.45) is 0 Å². The number of aromatic nitrogens is 1. The number of alkyl halides is 3. The molecule has 1 aromatic heterocycles. The molecule has 1 unspecified atom stereocenters. The van der Waals surface area contributed by atoms with Crippen LogP contribution in [0.4, 0.5) is 13.2 Å². The van der Waals surface area contributed by atoms with Crippen LogP contribution in [0.2, 0.25) is 0 Å². The van der Waals surface area contributed by atoms with E-state index in [1.165, 1.54) is 23.5 Å². The third-order valence-corrected chi connectivity index (χ3v) is 5.83. The van der Waals surface area contributed by atoms with E-state index in [1.807, 2.05) is 26.0 Å². The van der Waals surface area contributed by atoms with E-state index in [0.29, 0.717) is 16.3 Å². The second-order valence-corrected chi connectivity index (χ2v) is 8.04. The van der Waals surface area contributed by atoms with E-state index < -0.39 is 17.7 Å². The van der Waals surface area contributed by atoms with E-state index in [0.717, 1.165) is 28.3 Å². The van der Waals surface area contributed by atoms with Crippen LogP contribution in [-0.4, -0.2) is 16.1 Å². The summed E-state index contributed by atoms with van der Waals surface area (Å²) < 4.78 is 44.0. The molecule has 0 spiro atoms. The smallest absolute Gasteiger partial charge is 0.416 e. The Morgan fingerprint density at radius 3 is 2.33 bits per heavy atom. The minimum atomic E-state index is -4.36. The number of hydrogen-bond donors (Lipinski definition) is 1. The molecule has 30 heavy (non-hydrogen) atoms. The Labute approximate surface area is 176 Å². The fourth-order valence-electron chi connectivity index (χ4n) is 2.91. The van der Waals surface area contributed by atoms with Crippen molar-refractivity contribution in [3.8, 4) is 16.3 Å². The molecule has 0 saturated heterocycles. The van der Waals surface area contributed by atoms with Crippen molar-refractivity contribution >= 4 is 17.3 Å². The zero-order chi connectivity index (χ0) is 21.9. The predicted octanol–water partition coefficient (Wildman–Crippen LogP) is 6.29. The Balaban J connectivity index is 1.66. The first-order valence-corrected chi connectivity index (χ1v) is 10.0. The van der Waals surface area contributed by atoms with Gasteiger partial charge in [-0.3, -0.25) is 4.79 Å². The lowest BCUT2D eigenvalue weighted by Gasteiger charge is -2.10. The Morgan fingerprint density at radius 2 is 1.77 bits per heavy atom. The molecule has 4 nitrogen and oxygen atoms in total. The first-order chi connectivity index (χ1) is 14.1. The van der Waals surface area contributed by atoms with Crippen LogP contribution in [0.1, 0.15) is 41.0 Å².